The monoisotopic (exact) mass is 458 g/mol. The number of hydrogen-bond acceptors (Lipinski definition) is 7. The first-order valence-electron chi connectivity index (χ1n) is 11.4. The molecule has 174 valence electrons. The summed E-state index contributed by atoms with van der Waals surface area (Å²) < 4.78 is 13.4. The lowest BCUT2D eigenvalue weighted by Crippen LogP contribution is -2.27. The highest BCUT2D eigenvalue weighted by Crippen LogP contribution is 2.39. The number of Topliss-reactive ketones (excluding diaryl/α,β-unsaturated/α-hetero) is 1. The third-order valence-corrected chi connectivity index (χ3v) is 6.37. The predicted octanol–water partition coefficient (Wildman–Crippen LogP) is 5.63. The summed E-state index contributed by atoms with van der Waals surface area (Å²) in [7, 11) is 1.64. The summed E-state index contributed by atoms with van der Waals surface area (Å²) in [6, 6.07) is 5.47. The van der Waals surface area contributed by atoms with Crippen LogP contribution in [0.4, 0.5) is 5.95 Å². The number of unbranched alkanes of at least 4 members (excludes halogenated alkanes) is 3. The fourth-order valence-corrected chi connectivity index (χ4v) is 4.68. The van der Waals surface area contributed by atoms with Gasteiger partial charge >= 0.3 is 0 Å². The summed E-state index contributed by atoms with van der Waals surface area (Å²) in [5, 5.41) is 8.72. The van der Waals surface area contributed by atoms with E-state index in [4.69, 9.17) is 14.6 Å². The van der Waals surface area contributed by atoms with Crippen LogP contribution >= 0.6 is 11.8 Å². The first-order chi connectivity index (χ1) is 15.5. The van der Waals surface area contributed by atoms with Gasteiger partial charge in [-0.15, -0.1) is 5.10 Å². The average molecular weight is 459 g/mol. The molecule has 1 aromatic carbocycles. The Labute approximate surface area is 195 Å². The molecule has 1 aromatic heterocycles. The Hall–Kier alpha value is -2.48. The van der Waals surface area contributed by atoms with E-state index in [0.717, 1.165) is 49.1 Å². The van der Waals surface area contributed by atoms with Crippen molar-refractivity contribution in [2.24, 2.45) is 0 Å². The van der Waals surface area contributed by atoms with Gasteiger partial charge in [0, 0.05) is 17.0 Å². The van der Waals surface area contributed by atoms with Crippen molar-refractivity contribution in [2.45, 2.75) is 71.0 Å². The Kier molecular flexibility index (Phi) is 8.61. The fourth-order valence-electron chi connectivity index (χ4n) is 3.77. The van der Waals surface area contributed by atoms with E-state index >= 15 is 0 Å². The van der Waals surface area contributed by atoms with Gasteiger partial charge in [-0.1, -0.05) is 50.9 Å². The van der Waals surface area contributed by atoms with Gasteiger partial charge in [0.1, 0.15) is 6.04 Å². The van der Waals surface area contributed by atoms with Crippen molar-refractivity contribution in [3.05, 3.63) is 35.0 Å². The Morgan fingerprint density at radius 1 is 1.19 bits per heavy atom. The Bertz CT molecular complexity index is 970. The fraction of sp³-hybridized carbons (Fsp3) is 0.542. The van der Waals surface area contributed by atoms with Crippen LogP contribution in [-0.2, 0) is 4.79 Å². The minimum atomic E-state index is -0.375. The van der Waals surface area contributed by atoms with Crippen LogP contribution in [0.25, 0.3) is 0 Å². The molecule has 32 heavy (non-hydrogen) atoms. The van der Waals surface area contributed by atoms with Crippen LogP contribution in [0.15, 0.2) is 34.6 Å². The molecule has 8 heteroatoms. The van der Waals surface area contributed by atoms with Gasteiger partial charge in [-0.05, 0) is 44.4 Å². The van der Waals surface area contributed by atoms with E-state index in [0.29, 0.717) is 34.8 Å². The Balaban J connectivity index is 1.95. The number of nitrogens with zero attached hydrogens (tertiary/aromatic N) is 3. The molecule has 1 atom stereocenters. The number of aromatic nitrogens is 3. The highest BCUT2D eigenvalue weighted by Gasteiger charge is 2.33. The summed E-state index contributed by atoms with van der Waals surface area (Å²) in [4.78, 5) is 17.3. The SMILES string of the molecule is CCCCCOc1ccc(C2C(C(C)=O)=C(C)Nc3nc(SCCCC)nn32)cc1OC. The molecule has 0 bridgehead atoms. The quantitative estimate of drug-likeness (QED) is 0.326. The first kappa shape index (κ1) is 24.2. The molecular formula is C24H34N4O3S. The molecule has 1 N–H and O–H groups in total. The van der Waals surface area contributed by atoms with Gasteiger partial charge < -0.3 is 14.8 Å². The minimum Gasteiger partial charge on any atom is -0.493 e. The van der Waals surface area contributed by atoms with Crippen molar-refractivity contribution in [1.29, 1.82) is 0 Å². The lowest BCUT2D eigenvalue weighted by molar-refractivity contribution is -0.114. The van der Waals surface area contributed by atoms with Gasteiger partial charge in [-0.2, -0.15) is 4.98 Å². The van der Waals surface area contributed by atoms with Gasteiger partial charge in [0.05, 0.1) is 13.7 Å². The lowest BCUT2D eigenvalue weighted by atomic mass is 9.93. The van der Waals surface area contributed by atoms with E-state index in [-0.39, 0.29) is 11.8 Å². The van der Waals surface area contributed by atoms with Crippen LogP contribution in [0.5, 0.6) is 11.5 Å². The van der Waals surface area contributed by atoms with E-state index in [2.05, 4.69) is 24.1 Å². The average Bonchev–Trinajstić information content (AvgIpc) is 3.18. The molecule has 3 rings (SSSR count). The van der Waals surface area contributed by atoms with E-state index in [9.17, 15) is 4.79 Å². The van der Waals surface area contributed by atoms with Crippen LogP contribution in [-0.4, -0.2) is 40.0 Å². The second-order valence-electron chi connectivity index (χ2n) is 7.95. The zero-order valence-electron chi connectivity index (χ0n) is 19.7. The number of nitrogens with one attached hydrogen (secondary N) is 1. The highest BCUT2D eigenvalue weighted by molar-refractivity contribution is 7.99. The number of ketones is 1. The summed E-state index contributed by atoms with van der Waals surface area (Å²) >= 11 is 1.64. The van der Waals surface area contributed by atoms with E-state index < -0.39 is 0 Å². The van der Waals surface area contributed by atoms with Crippen LogP contribution in [0, 0.1) is 0 Å². The lowest BCUT2D eigenvalue weighted by Gasteiger charge is -2.28. The number of fused-ring (bicyclic) bond motifs is 1. The van der Waals surface area contributed by atoms with Gasteiger partial charge in [-0.25, -0.2) is 4.68 Å². The topological polar surface area (TPSA) is 78.3 Å². The van der Waals surface area contributed by atoms with Gasteiger partial charge in [-0.3, -0.25) is 4.79 Å². The summed E-state index contributed by atoms with van der Waals surface area (Å²) in [5.41, 5.74) is 2.38. The molecule has 0 aliphatic carbocycles. The van der Waals surface area contributed by atoms with Crippen LogP contribution in [0.3, 0.4) is 0 Å². The zero-order valence-corrected chi connectivity index (χ0v) is 20.6. The number of ether oxygens (including phenoxy) is 2. The van der Waals surface area contributed by atoms with Crippen LogP contribution in [0.2, 0.25) is 0 Å². The molecule has 2 heterocycles. The van der Waals surface area contributed by atoms with E-state index in [1.54, 1.807) is 25.8 Å². The number of allylic oxidation sites excluding steroid dienone is 2. The Morgan fingerprint density at radius 2 is 1.97 bits per heavy atom. The summed E-state index contributed by atoms with van der Waals surface area (Å²) in [5.74, 6) is 2.97. The van der Waals surface area contributed by atoms with Crippen LogP contribution < -0.4 is 14.8 Å². The molecule has 1 aliphatic rings. The van der Waals surface area contributed by atoms with Crippen LogP contribution in [0.1, 0.15) is 71.4 Å². The van der Waals surface area contributed by atoms with Crippen molar-refractivity contribution in [1.82, 2.24) is 14.8 Å². The van der Waals surface area contributed by atoms with Crippen molar-refractivity contribution in [2.75, 3.05) is 24.8 Å². The Morgan fingerprint density at radius 3 is 2.66 bits per heavy atom. The standard InChI is InChI=1S/C24H34N4O3S/c1-6-8-10-13-31-19-12-11-18(15-20(19)30-5)22-21(17(4)29)16(3)25-23-26-24(27-28(22)23)32-14-9-7-2/h11-12,15,22H,6-10,13-14H2,1-5H3,(H,25,26,27). The number of rotatable bonds is 12. The van der Waals surface area contributed by atoms with Crippen molar-refractivity contribution >= 4 is 23.5 Å². The number of thioether (sulfide) groups is 1. The molecule has 0 radical (unpaired) electrons. The third-order valence-electron chi connectivity index (χ3n) is 5.45. The summed E-state index contributed by atoms with van der Waals surface area (Å²) in [6.07, 6.45) is 5.53. The van der Waals surface area contributed by atoms with Gasteiger partial charge in [0.2, 0.25) is 11.1 Å². The number of methoxy groups -OCH3 is 1. The molecule has 1 aliphatic heterocycles. The molecule has 7 nitrogen and oxygen atoms in total. The maximum absolute atomic E-state index is 12.6. The smallest absolute Gasteiger partial charge is 0.227 e. The second-order valence-corrected chi connectivity index (χ2v) is 9.01. The van der Waals surface area contributed by atoms with Gasteiger partial charge in [0.15, 0.2) is 17.3 Å². The molecule has 0 amide bonds. The van der Waals surface area contributed by atoms with E-state index in [1.807, 2.05) is 29.8 Å². The highest BCUT2D eigenvalue weighted by atomic mass is 32.2. The molecule has 0 saturated carbocycles. The minimum absolute atomic E-state index is 0.000181. The van der Waals surface area contributed by atoms with Crippen molar-refractivity contribution < 1.29 is 14.3 Å². The van der Waals surface area contributed by atoms with Crippen molar-refractivity contribution in [3.8, 4) is 11.5 Å². The third kappa shape index (κ3) is 5.46. The largest absolute Gasteiger partial charge is 0.493 e. The number of carbonyl (C=O) groups excluding carboxylic acids is 1. The molecule has 0 saturated heterocycles. The predicted molar refractivity (Wildman–Crippen MR) is 129 cm³/mol. The van der Waals surface area contributed by atoms with E-state index in [1.165, 1.54) is 0 Å². The number of carbonyl (C=O) groups is 1. The molecule has 1 unspecified atom stereocenters. The molecule has 2 aromatic rings. The zero-order chi connectivity index (χ0) is 23.1. The maximum atomic E-state index is 12.6. The second kappa shape index (κ2) is 11.4. The van der Waals surface area contributed by atoms with Gasteiger partial charge in [0.25, 0.3) is 0 Å². The first-order valence-corrected chi connectivity index (χ1v) is 12.4. The maximum Gasteiger partial charge on any atom is 0.227 e. The molecule has 0 fully saturated rings. The normalized spacial score (nSPS) is 15.3. The summed E-state index contributed by atoms with van der Waals surface area (Å²) in [6.45, 7) is 8.49. The number of hydrogen-bond donors (Lipinski definition) is 1. The molecular weight excluding hydrogens is 424 g/mol. The van der Waals surface area contributed by atoms with Crippen molar-refractivity contribution in [3.63, 3.8) is 0 Å². The number of benzene rings is 1. The molecule has 0 spiro atoms. The number of anilines is 1.